The summed E-state index contributed by atoms with van der Waals surface area (Å²) >= 11 is 0. The first-order chi connectivity index (χ1) is 17.6. The van der Waals surface area contributed by atoms with Crippen molar-refractivity contribution in [1.29, 1.82) is 0 Å². The fraction of sp³-hybridized carbons (Fsp3) is 0.567. The third-order valence-electron chi connectivity index (χ3n) is 9.67. The molecule has 0 amide bonds. The SMILES string of the molecule is C=C1C=NC=C(c2nc3ccccc3n(C3CC4CCCC(C3)N4C3CC4CCCC(C4)C3)c2=O)N1. The number of allylic oxidation sites excluding steroid dienone is 1. The van der Waals surface area contributed by atoms with Crippen LogP contribution in [0.5, 0.6) is 0 Å². The lowest BCUT2D eigenvalue weighted by Crippen LogP contribution is -2.58. The minimum atomic E-state index is -0.0129. The predicted octanol–water partition coefficient (Wildman–Crippen LogP) is 5.41. The third-order valence-corrected chi connectivity index (χ3v) is 9.67. The van der Waals surface area contributed by atoms with Gasteiger partial charge in [0.15, 0.2) is 5.69 Å². The number of benzene rings is 1. The van der Waals surface area contributed by atoms with Gasteiger partial charge in [0.05, 0.1) is 22.9 Å². The van der Waals surface area contributed by atoms with Gasteiger partial charge in [-0.15, -0.1) is 0 Å². The monoisotopic (exact) mass is 483 g/mol. The maximum absolute atomic E-state index is 14.0. The van der Waals surface area contributed by atoms with Gasteiger partial charge in [0.2, 0.25) is 0 Å². The summed E-state index contributed by atoms with van der Waals surface area (Å²) in [6.45, 7) is 3.96. The molecule has 36 heavy (non-hydrogen) atoms. The molecule has 2 aliphatic carbocycles. The van der Waals surface area contributed by atoms with Crippen LogP contribution in [0, 0.1) is 11.8 Å². The maximum Gasteiger partial charge on any atom is 0.279 e. The number of hydrogen-bond acceptors (Lipinski definition) is 5. The van der Waals surface area contributed by atoms with E-state index < -0.39 is 0 Å². The zero-order chi connectivity index (χ0) is 24.2. The molecule has 1 N–H and O–H groups in total. The van der Waals surface area contributed by atoms with Crippen LogP contribution in [-0.2, 0) is 0 Å². The van der Waals surface area contributed by atoms with Crippen LogP contribution >= 0.6 is 0 Å². The molecule has 1 aromatic carbocycles. The van der Waals surface area contributed by atoms with E-state index in [-0.39, 0.29) is 11.6 Å². The Bertz CT molecular complexity index is 1280. The van der Waals surface area contributed by atoms with Crippen LogP contribution in [0.25, 0.3) is 16.7 Å². The van der Waals surface area contributed by atoms with Crippen molar-refractivity contribution in [3.8, 4) is 0 Å². The van der Waals surface area contributed by atoms with Crippen molar-refractivity contribution in [2.75, 3.05) is 0 Å². The van der Waals surface area contributed by atoms with Crippen molar-refractivity contribution in [3.05, 3.63) is 58.8 Å². The summed E-state index contributed by atoms with van der Waals surface area (Å²) < 4.78 is 2.08. The molecule has 4 atom stereocenters. The van der Waals surface area contributed by atoms with Crippen LogP contribution in [0.1, 0.15) is 82.4 Å². The fourth-order valence-corrected chi connectivity index (χ4v) is 8.39. The van der Waals surface area contributed by atoms with E-state index in [9.17, 15) is 4.79 Å². The molecule has 5 aliphatic rings. The highest BCUT2D eigenvalue weighted by Crippen LogP contribution is 2.47. The first-order valence-electron chi connectivity index (χ1n) is 14.1. The van der Waals surface area contributed by atoms with Gasteiger partial charge in [0, 0.05) is 36.1 Å². The van der Waals surface area contributed by atoms with Crippen molar-refractivity contribution in [1.82, 2.24) is 19.8 Å². The van der Waals surface area contributed by atoms with Crippen molar-refractivity contribution in [2.45, 2.75) is 94.8 Å². The van der Waals surface area contributed by atoms with Crippen LogP contribution in [0.15, 0.2) is 52.5 Å². The van der Waals surface area contributed by atoms with Crippen LogP contribution in [0.2, 0.25) is 0 Å². The van der Waals surface area contributed by atoms with E-state index in [1.807, 2.05) is 18.2 Å². The van der Waals surface area contributed by atoms with E-state index in [2.05, 4.69) is 32.4 Å². The average molecular weight is 484 g/mol. The molecule has 4 unspecified atom stereocenters. The lowest BCUT2D eigenvalue weighted by atomic mass is 9.68. The Labute approximate surface area is 213 Å². The summed E-state index contributed by atoms with van der Waals surface area (Å²) in [4.78, 5) is 26.1. The quantitative estimate of drug-likeness (QED) is 0.634. The molecule has 4 bridgehead atoms. The Morgan fingerprint density at radius 2 is 1.58 bits per heavy atom. The molecule has 4 fully saturated rings. The smallest absolute Gasteiger partial charge is 0.279 e. The third kappa shape index (κ3) is 3.85. The number of fused-ring (bicyclic) bond motifs is 5. The van der Waals surface area contributed by atoms with Gasteiger partial charge >= 0.3 is 0 Å². The second-order valence-corrected chi connectivity index (χ2v) is 11.9. The molecule has 4 heterocycles. The molecule has 6 nitrogen and oxygen atoms in total. The van der Waals surface area contributed by atoms with Crippen molar-refractivity contribution >= 4 is 22.9 Å². The number of aliphatic imine (C=N–C) groups is 1. The normalized spacial score (nSPS) is 34.3. The predicted molar refractivity (Wildman–Crippen MR) is 145 cm³/mol. The van der Waals surface area contributed by atoms with Gasteiger partial charge in [-0.3, -0.25) is 14.7 Å². The van der Waals surface area contributed by atoms with Gasteiger partial charge in [-0.1, -0.05) is 44.4 Å². The van der Waals surface area contributed by atoms with Crippen LogP contribution in [0.4, 0.5) is 0 Å². The standard InChI is InChI=1S/C30H37N5O/c1-19-17-31-18-27(32-19)29-30(36)35(28-11-3-2-10-26(28)33-29)25-15-22-8-5-9-23(16-25)34(22)24-13-20-6-4-7-21(12-20)14-24/h2-3,10-11,17-18,20-25,32H,1,4-9,12-16H2. The first-order valence-corrected chi connectivity index (χ1v) is 14.1. The Hall–Kier alpha value is -2.73. The maximum atomic E-state index is 14.0. The van der Waals surface area contributed by atoms with Crippen molar-refractivity contribution in [3.63, 3.8) is 0 Å². The lowest BCUT2D eigenvalue weighted by Gasteiger charge is -2.55. The molecule has 0 radical (unpaired) electrons. The lowest BCUT2D eigenvalue weighted by molar-refractivity contribution is -0.0486. The summed E-state index contributed by atoms with van der Waals surface area (Å²) in [6.07, 6.45) is 18.0. The second kappa shape index (κ2) is 8.98. The van der Waals surface area contributed by atoms with Gasteiger partial charge < -0.3 is 9.88 Å². The van der Waals surface area contributed by atoms with E-state index in [0.29, 0.717) is 29.2 Å². The van der Waals surface area contributed by atoms with Crippen LogP contribution in [0.3, 0.4) is 0 Å². The van der Waals surface area contributed by atoms with Crippen LogP contribution < -0.4 is 10.9 Å². The molecule has 2 saturated heterocycles. The molecule has 1 aromatic heterocycles. The number of nitrogens with zero attached hydrogens (tertiary/aromatic N) is 4. The average Bonchev–Trinajstić information content (AvgIpc) is 2.87. The molecule has 2 saturated carbocycles. The van der Waals surface area contributed by atoms with E-state index in [4.69, 9.17) is 4.98 Å². The van der Waals surface area contributed by atoms with Crippen LogP contribution in [-0.4, -0.2) is 38.8 Å². The Kier molecular flexibility index (Phi) is 5.61. The van der Waals surface area contributed by atoms with E-state index in [1.54, 1.807) is 12.4 Å². The number of aromatic nitrogens is 2. The summed E-state index contributed by atoms with van der Waals surface area (Å²) in [5.41, 5.74) is 3.56. The number of piperidine rings is 2. The van der Waals surface area contributed by atoms with Gasteiger partial charge in [-0.2, -0.15) is 0 Å². The van der Waals surface area contributed by atoms with E-state index in [0.717, 1.165) is 41.8 Å². The molecule has 2 aromatic rings. The number of hydrogen-bond donors (Lipinski definition) is 1. The topological polar surface area (TPSA) is 62.5 Å². The first kappa shape index (κ1) is 22.5. The second-order valence-electron chi connectivity index (χ2n) is 11.9. The molecule has 7 rings (SSSR count). The largest absolute Gasteiger partial charge is 0.352 e. The highest BCUT2D eigenvalue weighted by molar-refractivity contribution is 5.85. The van der Waals surface area contributed by atoms with E-state index in [1.165, 1.54) is 57.8 Å². The summed E-state index contributed by atoms with van der Waals surface area (Å²) in [7, 11) is 0. The summed E-state index contributed by atoms with van der Waals surface area (Å²) in [6, 6.07) is 10.3. The minimum Gasteiger partial charge on any atom is -0.352 e. The van der Waals surface area contributed by atoms with Gasteiger partial charge in [0.25, 0.3) is 5.56 Å². The Morgan fingerprint density at radius 3 is 2.33 bits per heavy atom. The van der Waals surface area contributed by atoms with E-state index >= 15 is 0 Å². The molecular weight excluding hydrogens is 446 g/mol. The van der Waals surface area contributed by atoms with Gasteiger partial charge in [-0.25, -0.2) is 4.98 Å². The Balaban J connectivity index is 1.25. The zero-order valence-electron chi connectivity index (χ0n) is 21.1. The molecule has 3 aliphatic heterocycles. The number of rotatable bonds is 3. The summed E-state index contributed by atoms with van der Waals surface area (Å²) in [5.74, 6) is 1.90. The highest BCUT2D eigenvalue weighted by Gasteiger charge is 2.45. The number of nitrogens with one attached hydrogen (secondary N) is 1. The molecule has 0 spiro atoms. The van der Waals surface area contributed by atoms with Crippen molar-refractivity contribution < 1.29 is 0 Å². The van der Waals surface area contributed by atoms with Crippen molar-refractivity contribution in [2.24, 2.45) is 16.8 Å². The highest BCUT2D eigenvalue weighted by atomic mass is 16.1. The van der Waals surface area contributed by atoms with Gasteiger partial charge in [0.1, 0.15) is 0 Å². The summed E-state index contributed by atoms with van der Waals surface area (Å²) in [5, 5.41) is 3.21. The zero-order valence-corrected chi connectivity index (χ0v) is 21.1. The minimum absolute atomic E-state index is 0.0129. The number of para-hydroxylation sites is 2. The molecular formula is C30H37N5O. The molecule has 6 heteroatoms. The molecule has 188 valence electrons. The Morgan fingerprint density at radius 1 is 0.861 bits per heavy atom. The fourth-order valence-electron chi connectivity index (χ4n) is 8.39. The van der Waals surface area contributed by atoms with Gasteiger partial charge in [-0.05, 0) is 68.9 Å².